The first kappa shape index (κ1) is 16.0. The topological polar surface area (TPSA) is 91.4 Å². The Morgan fingerprint density at radius 3 is 2.65 bits per heavy atom. The maximum Gasteiger partial charge on any atom is 0.352 e. The highest BCUT2D eigenvalue weighted by atomic mass is 16.5. The lowest BCUT2D eigenvalue weighted by Crippen LogP contribution is -2.28. The first-order chi connectivity index (χ1) is 9.49. The van der Waals surface area contributed by atoms with E-state index in [1.807, 2.05) is 0 Å². The largest absolute Gasteiger partial charge is 0.477 e. The van der Waals surface area contributed by atoms with Crippen molar-refractivity contribution < 1.29 is 19.4 Å². The van der Waals surface area contributed by atoms with Crippen LogP contribution in [0.4, 0.5) is 0 Å². The number of aryl methyl sites for hydroxylation is 1. The van der Waals surface area contributed by atoms with Crippen molar-refractivity contribution in [3.8, 4) is 0 Å². The molecule has 6 nitrogen and oxygen atoms in total. The minimum absolute atomic E-state index is 0.0508. The third kappa shape index (κ3) is 3.96. The number of hydrogen-bond acceptors (Lipinski definition) is 3. The van der Waals surface area contributed by atoms with Crippen molar-refractivity contribution in [2.75, 3.05) is 19.8 Å². The van der Waals surface area contributed by atoms with Crippen molar-refractivity contribution in [2.24, 2.45) is 0 Å². The van der Waals surface area contributed by atoms with Crippen LogP contribution in [-0.4, -0.2) is 41.7 Å². The second-order valence-corrected chi connectivity index (χ2v) is 4.38. The number of rotatable bonds is 8. The molecule has 1 aromatic heterocycles. The van der Waals surface area contributed by atoms with Gasteiger partial charge in [0.25, 0.3) is 5.91 Å². The van der Waals surface area contributed by atoms with Crippen molar-refractivity contribution in [1.82, 2.24) is 10.3 Å². The maximum absolute atomic E-state index is 12.0. The second kappa shape index (κ2) is 7.49. The summed E-state index contributed by atoms with van der Waals surface area (Å²) in [7, 11) is 0. The van der Waals surface area contributed by atoms with E-state index >= 15 is 0 Å². The van der Waals surface area contributed by atoms with Crippen LogP contribution in [-0.2, 0) is 4.74 Å². The van der Waals surface area contributed by atoms with E-state index in [4.69, 9.17) is 9.84 Å². The van der Waals surface area contributed by atoms with Crippen LogP contribution >= 0.6 is 0 Å². The third-order valence-corrected chi connectivity index (χ3v) is 2.88. The second-order valence-electron chi connectivity index (χ2n) is 4.38. The molecule has 0 aliphatic carbocycles. The van der Waals surface area contributed by atoms with E-state index in [9.17, 15) is 9.59 Å². The van der Waals surface area contributed by atoms with Crippen molar-refractivity contribution in [3.05, 3.63) is 35.2 Å². The highest BCUT2D eigenvalue weighted by Crippen LogP contribution is 2.17. The molecule has 1 rings (SSSR count). The highest BCUT2D eigenvalue weighted by Gasteiger charge is 2.21. The fraction of sp³-hybridized carbons (Fsp3) is 0.429. The summed E-state index contributed by atoms with van der Waals surface area (Å²) in [6, 6.07) is 0. The van der Waals surface area contributed by atoms with Gasteiger partial charge in [0, 0.05) is 12.2 Å². The molecule has 0 bridgehead atoms. The predicted molar refractivity (Wildman–Crippen MR) is 75.2 cm³/mol. The number of carboxylic acid groups (broad SMARTS) is 1. The van der Waals surface area contributed by atoms with Gasteiger partial charge in [0.15, 0.2) is 0 Å². The maximum atomic E-state index is 12.0. The molecule has 1 heterocycles. The van der Waals surface area contributed by atoms with Crippen molar-refractivity contribution in [2.45, 2.75) is 20.3 Å². The normalized spacial score (nSPS) is 10.3. The van der Waals surface area contributed by atoms with Gasteiger partial charge in [-0.25, -0.2) is 4.79 Å². The van der Waals surface area contributed by atoms with Crippen LogP contribution in [0.1, 0.15) is 38.5 Å². The Bertz CT molecular complexity index is 506. The zero-order valence-corrected chi connectivity index (χ0v) is 11.8. The van der Waals surface area contributed by atoms with Crippen LogP contribution in [0.5, 0.6) is 0 Å². The highest BCUT2D eigenvalue weighted by molar-refractivity contribution is 6.00. The Morgan fingerprint density at radius 1 is 1.40 bits per heavy atom. The summed E-state index contributed by atoms with van der Waals surface area (Å²) < 4.78 is 5.28. The summed E-state index contributed by atoms with van der Waals surface area (Å²) in [6.45, 7) is 8.23. The number of amides is 1. The molecule has 1 amide bonds. The Kier molecular flexibility index (Phi) is 5.99. The number of aromatic amines is 1. The molecule has 0 aliphatic rings. The zero-order valence-electron chi connectivity index (χ0n) is 11.8. The van der Waals surface area contributed by atoms with E-state index in [2.05, 4.69) is 16.9 Å². The summed E-state index contributed by atoms with van der Waals surface area (Å²) in [5, 5.41) is 11.7. The average molecular weight is 280 g/mol. The predicted octanol–water partition coefficient (Wildman–Crippen LogP) is 1.65. The average Bonchev–Trinajstić information content (AvgIpc) is 2.69. The zero-order chi connectivity index (χ0) is 15.1. The number of aromatic nitrogens is 1. The number of nitrogens with one attached hydrogen (secondary N) is 2. The molecule has 110 valence electrons. The molecule has 0 saturated heterocycles. The Hall–Kier alpha value is -2.08. The molecule has 0 fully saturated rings. The standard InChI is InChI=1S/C14H20N2O4/c1-4-5-7-20-8-6-15-13(17)11-9(2)12(14(18)19)16-10(11)3/h4,16H,1,5-8H2,2-3H3,(H,15,17)(H,18,19). The fourth-order valence-electron chi connectivity index (χ4n) is 1.90. The van der Waals surface area contributed by atoms with Gasteiger partial charge in [-0.05, 0) is 25.8 Å². The molecular weight excluding hydrogens is 260 g/mol. The number of H-pyrrole nitrogens is 1. The minimum atomic E-state index is -1.07. The molecule has 0 aromatic carbocycles. The molecule has 0 spiro atoms. The van der Waals surface area contributed by atoms with Gasteiger partial charge >= 0.3 is 5.97 Å². The quantitative estimate of drug-likeness (QED) is 0.499. The number of carboxylic acids is 1. The van der Waals surface area contributed by atoms with Crippen molar-refractivity contribution in [3.63, 3.8) is 0 Å². The van der Waals surface area contributed by atoms with Crippen LogP contribution in [0.25, 0.3) is 0 Å². The van der Waals surface area contributed by atoms with Crippen LogP contribution in [0.15, 0.2) is 12.7 Å². The summed E-state index contributed by atoms with van der Waals surface area (Å²) in [4.78, 5) is 25.7. The van der Waals surface area contributed by atoms with Gasteiger partial charge in [0.1, 0.15) is 5.69 Å². The molecule has 0 saturated carbocycles. The lowest BCUT2D eigenvalue weighted by molar-refractivity contribution is 0.0690. The smallest absolute Gasteiger partial charge is 0.352 e. The number of aromatic carboxylic acids is 1. The molecular formula is C14H20N2O4. The molecule has 1 aromatic rings. The van der Waals surface area contributed by atoms with Gasteiger partial charge in [0.2, 0.25) is 0 Å². The molecule has 0 radical (unpaired) electrons. The van der Waals surface area contributed by atoms with E-state index in [0.717, 1.165) is 6.42 Å². The van der Waals surface area contributed by atoms with Gasteiger partial charge in [-0.2, -0.15) is 0 Å². The minimum Gasteiger partial charge on any atom is -0.477 e. The molecule has 0 atom stereocenters. The number of carbonyl (C=O) groups is 2. The summed E-state index contributed by atoms with van der Waals surface area (Å²) in [5.74, 6) is -1.37. The van der Waals surface area contributed by atoms with Gasteiger partial charge < -0.3 is 20.1 Å². The Labute approximate surface area is 117 Å². The summed E-state index contributed by atoms with van der Waals surface area (Å²) >= 11 is 0. The van der Waals surface area contributed by atoms with E-state index in [1.165, 1.54) is 0 Å². The first-order valence-corrected chi connectivity index (χ1v) is 6.38. The molecule has 0 aliphatic heterocycles. The molecule has 6 heteroatoms. The van der Waals surface area contributed by atoms with Gasteiger partial charge in [-0.1, -0.05) is 6.08 Å². The Balaban J connectivity index is 2.56. The van der Waals surface area contributed by atoms with Gasteiger partial charge in [-0.15, -0.1) is 6.58 Å². The Morgan fingerprint density at radius 2 is 2.10 bits per heavy atom. The van der Waals surface area contributed by atoms with Crippen LogP contribution < -0.4 is 5.32 Å². The first-order valence-electron chi connectivity index (χ1n) is 6.38. The summed E-state index contributed by atoms with van der Waals surface area (Å²) in [5.41, 5.74) is 1.42. The lowest BCUT2D eigenvalue weighted by Gasteiger charge is -2.06. The van der Waals surface area contributed by atoms with Crippen LogP contribution in [0.3, 0.4) is 0 Å². The van der Waals surface area contributed by atoms with E-state index in [0.29, 0.717) is 36.6 Å². The molecule has 0 unspecified atom stereocenters. The van der Waals surface area contributed by atoms with E-state index < -0.39 is 5.97 Å². The molecule has 20 heavy (non-hydrogen) atoms. The summed E-state index contributed by atoms with van der Waals surface area (Å²) in [6.07, 6.45) is 2.53. The molecule has 3 N–H and O–H groups in total. The number of ether oxygens (including phenoxy) is 1. The fourth-order valence-corrected chi connectivity index (χ4v) is 1.90. The van der Waals surface area contributed by atoms with Gasteiger partial charge in [-0.3, -0.25) is 4.79 Å². The van der Waals surface area contributed by atoms with E-state index in [1.54, 1.807) is 19.9 Å². The monoisotopic (exact) mass is 280 g/mol. The van der Waals surface area contributed by atoms with Crippen LogP contribution in [0.2, 0.25) is 0 Å². The third-order valence-electron chi connectivity index (χ3n) is 2.88. The number of carbonyl (C=O) groups excluding carboxylic acids is 1. The van der Waals surface area contributed by atoms with Gasteiger partial charge in [0.05, 0.1) is 18.8 Å². The number of hydrogen-bond donors (Lipinski definition) is 3. The van der Waals surface area contributed by atoms with Crippen LogP contribution in [0, 0.1) is 13.8 Å². The SMILES string of the molecule is C=CCCOCCNC(=O)c1c(C)[nH]c(C(=O)O)c1C. The van der Waals surface area contributed by atoms with Crippen molar-refractivity contribution in [1.29, 1.82) is 0 Å². The lowest BCUT2D eigenvalue weighted by atomic mass is 10.1. The van der Waals surface area contributed by atoms with E-state index in [-0.39, 0.29) is 11.6 Å². The van der Waals surface area contributed by atoms with Crippen molar-refractivity contribution >= 4 is 11.9 Å².